The number of furan rings is 1. The van der Waals surface area contributed by atoms with Gasteiger partial charge in [-0.15, -0.1) is 0 Å². The minimum Gasteiger partial charge on any atom is -0.464 e. The number of ether oxygens (including phenoxy) is 1. The lowest BCUT2D eigenvalue weighted by Gasteiger charge is -2.48. The molecule has 0 unspecified atom stereocenters. The predicted octanol–water partition coefficient (Wildman–Crippen LogP) is 3.67. The van der Waals surface area contributed by atoms with Gasteiger partial charge in [0, 0.05) is 57.1 Å². The molecular formula is C22H30N2O3. The molecule has 5 nitrogen and oxygen atoms in total. The SMILES string of the molecule is COCCCN1C[C@]2(CCCN(Cc3ccc4occc4c3)C2)CCC1=O. The number of benzene rings is 1. The van der Waals surface area contributed by atoms with Gasteiger partial charge >= 0.3 is 0 Å². The molecule has 1 atom stereocenters. The molecule has 5 heteroatoms. The van der Waals surface area contributed by atoms with Gasteiger partial charge in [-0.3, -0.25) is 9.69 Å². The van der Waals surface area contributed by atoms with E-state index in [9.17, 15) is 4.79 Å². The number of carbonyl (C=O) groups is 1. The van der Waals surface area contributed by atoms with E-state index in [0.29, 0.717) is 12.3 Å². The van der Waals surface area contributed by atoms with E-state index in [1.54, 1.807) is 13.4 Å². The molecule has 0 bridgehead atoms. The molecule has 1 aromatic heterocycles. The summed E-state index contributed by atoms with van der Waals surface area (Å²) in [5.41, 5.74) is 2.55. The van der Waals surface area contributed by atoms with E-state index >= 15 is 0 Å². The van der Waals surface area contributed by atoms with Crippen LogP contribution >= 0.6 is 0 Å². The highest BCUT2D eigenvalue weighted by molar-refractivity contribution is 5.78. The van der Waals surface area contributed by atoms with Crippen molar-refractivity contribution < 1.29 is 13.9 Å². The van der Waals surface area contributed by atoms with Crippen LogP contribution in [0, 0.1) is 5.41 Å². The van der Waals surface area contributed by atoms with Crippen LogP contribution in [0.1, 0.15) is 37.7 Å². The molecule has 0 saturated carbocycles. The van der Waals surface area contributed by atoms with Crippen LogP contribution in [-0.4, -0.2) is 55.6 Å². The molecule has 2 saturated heterocycles. The minimum absolute atomic E-state index is 0.263. The van der Waals surface area contributed by atoms with Crippen molar-refractivity contribution in [1.29, 1.82) is 0 Å². The molecule has 1 spiro atoms. The fraction of sp³-hybridized carbons (Fsp3) is 0.591. The van der Waals surface area contributed by atoms with E-state index in [0.717, 1.165) is 57.8 Å². The second-order valence-corrected chi connectivity index (χ2v) is 8.27. The van der Waals surface area contributed by atoms with Gasteiger partial charge in [0.2, 0.25) is 5.91 Å². The standard InChI is InChI=1S/C22H30N2O3/c1-26-12-3-11-24-17-22(9-6-21(24)25)8-2-10-23(16-22)15-18-4-5-20-19(14-18)7-13-27-20/h4-5,7,13-14H,2-3,6,8-12,15-17H2,1H3/t22-/m1/s1. The first-order valence-electron chi connectivity index (χ1n) is 10.1. The first kappa shape index (κ1) is 18.5. The Morgan fingerprint density at radius 3 is 3.04 bits per heavy atom. The summed E-state index contributed by atoms with van der Waals surface area (Å²) >= 11 is 0. The molecule has 2 aliphatic rings. The molecular weight excluding hydrogens is 340 g/mol. The fourth-order valence-electron chi connectivity index (χ4n) is 4.86. The van der Waals surface area contributed by atoms with E-state index < -0.39 is 0 Å². The number of rotatable bonds is 6. The summed E-state index contributed by atoms with van der Waals surface area (Å²) in [5.74, 6) is 0.319. The highest BCUT2D eigenvalue weighted by atomic mass is 16.5. The maximum Gasteiger partial charge on any atom is 0.222 e. The van der Waals surface area contributed by atoms with Crippen LogP contribution in [0.25, 0.3) is 11.0 Å². The Bertz CT molecular complexity index is 787. The molecule has 1 amide bonds. The zero-order valence-corrected chi connectivity index (χ0v) is 16.3. The predicted molar refractivity (Wildman–Crippen MR) is 105 cm³/mol. The second kappa shape index (κ2) is 8.03. The first-order valence-corrected chi connectivity index (χ1v) is 10.1. The average molecular weight is 370 g/mol. The van der Waals surface area contributed by atoms with Crippen molar-refractivity contribution in [2.24, 2.45) is 5.41 Å². The van der Waals surface area contributed by atoms with Crippen LogP contribution in [0.5, 0.6) is 0 Å². The number of likely N-dealkylation sites (tertiary alicyclic amines) is 2. The summed E-state index contributed by atoms with van der Waals surface area (Å²) < 4.78 is 10.6. The molecule has 0 radical (unpaired) electrons. The van der Waals surface area contributed by atoms with Gasteiger partial charge in [-0.25, -0.2) is 0 Å². The lowest BCUT2D eigenvalue weighted by molar-refractivity contribution is -0.139. The largest absolute Gasteiger partial charge is 0.464 e. The second-order valence-electron chi connectivity index (χ2n) is 8.27. The fourth-order valence-corrected chi connectivity index (χ4v) is 4.86. The maximum absolute atomic E-state index is 12.3. The van der Waals surface area contributed by atoms with E-state index in [-0.39, 0.29) is 5.41 Å². The average Bonchev–Trinajstić information content (AvgIpc) is 3.13. The van der Waals surface area contributed by atoms with Crippen molar-refractivity contribution >= 4 is 16.9 Å². The molecule has 146 valence electrons. The van der Waals surface area contributed by atoms with Crippen LogP contribution in [-0.2, 0) is 16.1 Å². The molecule has 0 N–H and O–H groups in total. The third-order valence-corrected chi connectivity index (χ3v) is 6.19. The van der Waals surface area contributed by atoms with Crippen LogP contribution in [0.3, 0.4) is 0 Å². The van der Waals surface area contributed by atoms with Gasteiger partial charge in [0.25, 0.3) is 0 Å². The van der Waals surface area contributed by atoms with Crippen LogP contribution in [0.15, 0.2) is 34.9 Å². The van der Waals surface area contributed by atoms with Gasteiger partial charge in [0.15, 0.2) is 0 Å². The molecule has 27 heavy (non-hydrogen) atoms. The Balaban J connectivity index is 1.41. The van der Waals surface area contributed by atoms with E-state index in [1.165, 1.54) is 23.8 Å². The summed E-state index contributed by atoms with van der Waals surface area (Å²) in [7, 11) is 1.72. The van der Waals surface area contributed by atoms with Crippen LogP contribution < -0.4 is 0 Å². The van der Waals surface area contributed by atoms with Gasteiger partial charge in [0.05, 0.1) is 6.26 Å². The van der Waals surface area contributed by atoms with Gasteiger partial charge in [-0.2, -0.15) is 0 Å². The van der Waals surface area contributed by atoms with E-state index in [2.05, 4.69) is 28.0 Å². The van der Waals surface area contributed by atoms with Gasteiger partial charge in [-0.05, 0) is 56.0 Å². The monoisotopic (exact) mass is 370 g/mol. The number of hydrogen-bond donors (Lipinski definition) is 0. The summed E-state index contributed by atoms with van der Waals surface area (Å²) in [6, 6.07) is 8.51. The Hall–Kier alpha value is -1.85. The zero-order valence-electron chi connectivity index (χ0n) is 16.3. The summed E-state index contributed by atoms with van der Waals surface area (Å²) in [6.07, 6.45) is 6.85. The number of hydrogen-bond acceptors (Lipinski definition) is 4. The molecule has 3 heterocycles. The Morgan fingerprint density at radius 2 is 2.15 bits per heavy atom. The number of methoxy groups -OCH3 is 1. The molecule has 4 rings (SSSR count). The topological polar surface area (TPSA) is 45.9 Å². The lowest BCUT2D eigenvalue weighted by atomic mass is 9.73. The minimum atomic E-state index is 0.263. The van der Waals surface area contributed by atoms with Crippen molar-refractivity contribution in [1.82, 2.24) is 9.80 Å². The summed E-state index contributed by atoms with van der Waals surface area (Å²) in [4.78, 5) is 17.0. The normalized spacial score (nSPS) is 24.2. The number of piperidine rings is 2. The molecule has 1 aromatic carbocycles. The van der Waals surface area contributed by atoms with Crippen molar-refractivity contribution in [3.8, 4) is 0 Å². The lowest BCUT2D eigenvalue weighted by Crippen LogP contribution is -2.54. The van der Waals surface area contributed by atoms with Crippen LogP contribution in [0.4, 0.5) is 0 Å². The third-order valence-electron chi connectivity index (χ3n) is 6.19. The van der Waals surface area contributed by atoms with E-state index in [4.69, 9.17) is 9.15 Å². The number of fused-ring (bicyclic) bond motifs is 1. The third kappa shape index (κ3) is 4.19. The maximum atomic E-state index is 12.3. The number of nitrogens with zero attached hydrogens (tertiary/aromatic N) is 2. The van der Waals surface area contributed by atoms with Crippen molar-refractivity contribution in [3.05, 3.63) is 36.1 Å². The zero-order chi connectivity index (χ0) is 18.7. The number of carbonyl (C=O) groups excluding carboxylic acids is 1. The summed E-state index contributed by atoms with van der Waals surface area (Å²) in [5, 5.41) is 1.17. The Morgan fingerprint density at radius 1 is 1.22 bits per heavy atom. The summed E-state index contributed by atoms with van der Waals surface area (Å²) in [6.45, 7) is 5.66. The van der Waals surface area contributed by atoms with Crippen molar-refractivity contribution in [2.45, 2.75) is 38.6 Å². The Labute approximate surface area is 161 Å². The van der Waals surface area contributed by atoms with Crippen LogP contribution in [0.2, 0.25) is 0 Å². The molecule has 2 aliphatic heterocycles. The highest BCUT2D eigenvalue weighted by Gasteiger charge is 2.41. The Kier molecular flexibility index (Phi) is 5.50. The van der Waals surface area contributed by atoms with Crippen molar-refractivity contribution in [3.63, 3.8) is 0 Å². The molecule has 2 fully saturated rings. The smallest absolute Gasteiger partial charge is 0.222 e. The van der Waals surface area contributed by atoms with E-state index in [1.807, 2.05) is 6.07 Å². The van der Waals surface area contributed by atoms with Gasteiger partial charge < -0.3 is 14.1 Å². The van der Waals surface area contributed by atoms with Gasteiger partial charge in [0.1, 0.15) is 5.58 Å². The quantitative estimate of drug-likeness (QED) is 0.728. The van der Waals surface area contributed by atoms with Crippen molar-refractivity contribution in [2.75, 3.05) is 39.9 Å². The highest BCUT2D eigenvalue weighted by Crippen LogP contribution is 2.39. The molecule has 2 aromatic rings. The molecule has 0 aliphatic carbocycles. The van der Waals surface area contributed by atoms with Gasteiger partial charge in [-0.1, -0.05) is 6.07 Å². The number of amides is 1. The first-order chi connectivity index (χ1) is 13.2.